The van der Waals surface area contributed by atoms with Crippen molar-refractivity contribution in [3.05, 3.63) is 69.8 Å². The van der Waals surface area contributed by atoms with E-state index in [1.165, 1.54) is 25.1 Å². The molecule has 2 rings (SSSR count). The van der Waals surface area contributed by atoms with E-state index in [-0.39, 0.29) is 11.4 Å². The zero-order valence-electron chi connectivity index (χ0n) is 12.9. The number of carbonyl (C=O) groups is 2. The summed E-state index contributed by atoms with van der Waals surface area (Å²) in [5, 5.41) is 13.0. The molecular formula is C16H12F2N2O5. The number of rotatable bonds is 5. The third-order valence-corrected chi connectivity index (χ3v) is 3.13. The molecule has 0 saturated heterocycles. The van der Waals surface area contributed by atoms with Crippen LogP contribution in [0.2, 0.25) is 0 Å². The fourth-order valence-corrected chi connectivity index (χ4v) is 1.87. The summed E-state index contributed by atoms with van der Waals surface area (Å²) in [4.78, 5) is 33.9. The molecule has 0 bridgehead atoms. The number of carbonyl (C=O) groups excluding carboxylic acids is 2. The Morgan fingerprint density at radius 3 is 2.56 bits per heavy atom. The number of nitro benzene ring substituents is 1. The first-order chi connectivity index (χ1) is 11.8. The van der Waals surface area contributed by atoms with Gasteiger partial charge in [-0.2, -0.15) is 0 Å². The summed E-state index contributed by atoms with van der Waals surface area (Å²) >= 11 is 0. The number of hydrogen-bond acceptors (Lipinski definition) is 5. The van der Waals surface area contributed by atoms with E-state index in [1.54, 1.807) is 0 Å². The maximum absolute atomic E-state index is 13.5. The van der Waals surface area contributed by atoms with Gasteiger partial charge in [0.15, 0.2) is 6.10 Å². The molecule has 0 saturated carbocycles. The lowest BCUT2D eigenvalue weighted by Gasteiger charge is -2.13. The quantitative estimate of drug-likeness (QED) is 0.508. The first-order valence-electron chi connectivity index (χ1n) is 6.99. The summed E-state index contributed by atoms with van der Waals surface area (Å²) in [6.07, 6.45) is -1.31. The number of nitrogens with one attached hydrogen (secondary N) is 1. The Kier molecular flexibility index (Phi) is 5.38. The minimum atomic E-state index is -1.31. The lowest BCUT2D eigenvalue weighted by molar-refractivity contribution is -0.384. The highest BCUT2D eigenvalue weighted by molar-refractivity contribution is 5.97. The van der Waals surface area contributed by atoms with Crippen molar-refractivity contribution in [1.82, 2.24) is 0 Å². The van der Waals surface area contributed by atoms with Crippen LogP contribution in [0.4, 0.5) is 20.2 Å². The van der Waals surface area contributed by atoms with Gasteiger partial charge < -0.3 is 10.1 Å². The molecule has 1 N–H and O–H groups in total. The Labute approximate surface area is 140 Å². The van der Waals surface area contributed by atoms with Crippen LogP contribution in [0.1, 0.15) is 17.3 Å². The van der Waals surface area contributed by atoms with E-state index >= 15 is 0 Å². The molecular weight excluding hydrogens is 338 g/mol. The Morgan fingerprint density at radius 2 is 1.92 bits per heavy atom. The molecule has 1 atom stereocenters. The molecule has 0 radical (unpaired) electrons. The predicted octanol–water partition coefficient (Wildman–Crippen LogP) is 3.06. The maximum Gasteiger partial charge on any atom is 0.341 e. The molecule has 25 heavy (non-hydrogen) atoms. The average molecular weight is 350 g/mol. The second-order valence-electron chi connectivity index (χ2n) is 4.97. The van der Waals surface area contributed by atoms with Gasteiger partial charge in [-0.05, 0) is 25.1 Å². The number of nitro groups is 1. The molecule has 0 aliphatic heterocycles. The van der Waals surface area contributed by atoms with E-state index in [2.05, 4.69) is 5.32 Å². The Bertz CT molecular complexity index is 841. The molecule has 2 aromatic carbocycles. The minimum Gasteiger partial charge on any atom is -0.449 e. The molecule has 0 heterocycles. The minimum absolute atomic E-state index is 0.134. The average Bonchev–Trinajstić information content (AvgIpc) is 2.54. The van der Waals surface area contributed by atoms with Gasteiger partial charge >= 0.3 is 5.97 Å². The van der Waals surface area contributed by atoms with Gasteiger partial charge in [-0.25, -0.2) is 13.6 Å². The van der Waals surface area contributed by atoms with Crippen molar-refractivity contribution in [3.8, 4) is 0 Å². The van der Waals surface area contributed by atoms with Crippen LogP contribution in [-0.2, 0) is 9.53 Å². The molecule has 130 valence electrons. The van der Waals surface area contributed by atoms with Crippen molar-refractivity contribution in [1.29, 1.82) is 0 Å². The van der Waals surface area contributed by atoms with E-state index in [0.29, 0.717) is 6.07 Å². The highest BCUT2D eigenvalue weighted by Crippen LogP contribution is 2.18. The van der Waals surface area contributed by atoms with Crippen LogP contribution in [0.25, 0.3) is 0 Å². The number of halogens is 2. The third-order valence-electron chi connectivity index (χ3n) is 3.13. The summed E-state index contributed by atoms with van der Waals surface area (Å²) in [7, 11) is 0. The number of ether oxygens (including phenoxy) is 1. The van der Waals surface area contributed by atoms with Crippen molar-refractivity contribution in [2.45, 2.75) is 13.0 Å². The van der Waals surface area contributed by atoms with Crippen molar-refractivity contribution >= 4 is 23.3 Å². The summed E-state index contributed by atoms with van der Waals surface area (Å²) in [6.45, 7) is 1.24. The molecule has 0 aromatic heterocycles. The molecule has 1 amide bonds. The van der Waals surface area contributed by atoms with Crippen molar-refractivity contribution in [3.63, 3.8) is 0 Å². The largest absolute Gasteiger partial charge is 0.449 e. The van der Waals surface area contributed by atoms with E-state index in [1.807, 2.05) is 0 Å². The lowest BCUT2D eigenvalue weighted by atomic mass is 10.2. The zero-order chi connectivity index (χ0) is 18.6. The monoisotopic (exact) mass is 350 g/mol. The highest BCUT2D eigenvalue weighted by atomic mass is 19.1. The lowest BCUT2D eigenvalue weighted by Crippen LogP contribution is -2.30. The fourth-order valence-electron chi connectivity index (χ4n) is 1.87. The summed E-state index contributed by atoms with van der Waals surface area (Å²) in [5.41, 5.74) is -0.609. The zero-order valence-corrected chi connectivity index (χ0v) is 12.9. The number of esters is 1. The summed E-state index contributed by atoms with van der Waals surface area (Å²) in [6, 6.07) is 7.47. The molecule has 0 spiro atoms. The first-order valence-corrected chi connectivity index (χ1v) is 6.99. The van der Waals surface area contributed by atoms with Crippen LogP contribution in [0.5, 0.6) is 0 Å². The molecule has 0 aliphatic rings. The maximum atomic E-state index is 13.5. The van der Waals surface area contributed by atoms with Crippen LogP contribution in [0.3, 0.4) is 0 Å². The van der Waals surface area contributed by atoms with Gasteiger partial charge in [0.1, 0.15) is 11.6 Å². The normalized spacial score (nSPS) is 11.5. The second-order valence-corrected chi connectivity index (χ2v) is 4.97. The molecule has 0 fully saturated rings. The van der Waals surface area contributed by atoms with Crippen LogP contribution in [0, 0.1) is 21.7 Å². The highest BCUT2D eigenvalue weighted by Gasteiger charge is 2.22. The molecule has 7 nitrogen and oxygen atoms in total. The van der Waals surface area contributed by atoms with E-state index in [4.69, 9.17) is 4.74 Å². The first kappa shape index (κ1) is 18.0. The van der Waals surface area contributed by atoms with Gasteiger partial charge in [0, 0.05) is 23.9 Å². The summed E-state index contributed by atoms with van der Waals surface area (Å²) < 4.78 is 31.2. The Morgan fingerprint density at radius 1 is 1.20 bits per heavy atom. The van der Waals surface area contributed by atoms with Gasteiger partial charge in [-0.3, -0.25) is 14.9 Å². The van der Waals surface area contributed by atoms with Crippen LogP contribution in [0.15, 0.2) is 42.5 Å². The van der Waals surface area contributed by atoms with E-state index in [9.17, 15) is 28.5 Å². The van der Waals surface area contributed by atoms with Crippen LogP contribution in [-0.4, -0.2) is 22.9 Å². The number of hydrogen-bond donors (Lipinski definition) is 1. The van der Waals surface area contributed by atoms with Crippen LogP contribution >= 0.6 is 0 Å². The van der Waals surface area contributed by atoms with Gasteiger partial charge in [-0.1, -0.05) is 6.07 Å². The number of amides is 1. The van der Waals surface area contributed by atoms with Gasteiger partial charge in [0.2, 0.25) is 0 Å². The van der Waals surface area contributed by atoms with Crippen molar-refractivity contribution in [2.75, 3.05) is 5.32 Å². The SMILES string of the molecule is C[C@H](OC(=O)c1ccc(F)cc1F)C(=O)Nc1cccc([N+](=O)[O-])c1. The molecule has 0 unspecified atom stereocenters. The van der Waals surface area contributed by atoms with Gasteiger partial charge in [-0.15, -0.1) is 0 Å². The van der Waals surface area contributed by atoms with E-state index in [0.717, 1.165) is 18.2 Å². The van der Waals surface area contributed by atoms with Gasteiger partial charge in [0.05, 0.1) is 10.5 Å². The Balaban J connectivity index is 2.03. The fraction of sp³-hybridized carbons (Fsp3) is 0.125. The standard InChI is InChI=1S/C16H12F2N2O5/c1-9(25-16(22)13-6-5-10(17)7-14(13)18)15(21)19-11-3-2-4-12(8-11)20(23)24/h2-9H,1H3,(H,19,21)/t9-/m0/s1. The number of non-ortho nitro benzene ring substituents is 1. The summed E-state index contributed by atoms with van der Waals surface area (Å²) in [5.74, 6) is -3.88. The number of nitrogens with zero attached hydrogens (tertiary/aromatic N) is 1. The smallest absolute Gasteiger partial charge is 0.341 e. The topological polar surface area (TPSA) is 98.5 Å². The Hall–Kier alpha value is -3.36. The van der Waals surface area contributed by atoms with Crippen LogP contribution < -0.4 is 5.32 Å². The number of anilines is 1. The third kappa shape index (κ3) is 4.56. The van der Waals surface area contributed by atoms with Crippen molar-refractivity contribution < 1.29 is 28.0 Å². The van der Waals surface area contributed by atoms with E-state index < -0.39 is 40.1 Å². The predicted molar refractivity (Wildman–Crippen MR) is 83.0 cm³/mol. The molecule has 0 aliphatic carbocycles. The molecule has 2 aromatic rings. The second kappa shape index (κ2) is 7.47. The van der Waals surface area contributed by atoms with Gasteiger partial charge in [0.25, 0.3) is 11.6 Å². The van der Waals surface area contributed by atoms with Crippen molar-refractivity contribution in [2.24, 2.45) is 0 Å². The number of benzene rings is 2. The molecule has 9 heteroatoms.